The lowest BCUT2D eigenvalue weighted by Crippen LogP contribution is -2.42. The molecule has 5 nitrogen and oxygen atoms in total. The van der Waals surface area contributed by atoms with Gasteiger partial charge in [-0.2, -0.15) is 0 Å². The third-order valence-electron chi connectivity index (χ3n) is 5.32. The van der Waals surface area contributed by atoms with E-state index in [1.54, 1.807) is 24.5 Å². The van der Waals surface area contributed by atoms with Gasteiger partial charge in [0.2, 0.25) is 5.91 Å². The molecule has 0 aliphatic carbocycles. The summed E-state index contributed by atoms with van der Waals surface area (Å²) in [4.78, 5) is 23.6. The van der Waals surface area contributed by atoms with Crippen molar-refractivity contribution >= 4 is 17.5 Å². The topological polar surface area (TPSA) is 55.3 Å². The SMILES string of the molecule is O=C(CCCc1ccc(F)cc1)N1CCOC(c2nccnc2-c2cccc(Cl)c2)C1. The molecule has 0 spiro atoms. The van der Waals surface area contributed by atoms with Crippen LogP contribution in [0.5, 0.6) is 0 Å². The van der Waals surface area contributed by atoms with Gasteiger partial charge >= 0.3 is 0 Å². The summed E-state index contributed by atoms with van der Waals surface area (Å²) in [6, 6.07) is 13.9. The summed E-state index contributed by atoms with van der Waals surface area (Å²) in [5.41, 5.74) is 3.30. The van der Waals surface area contributed by atoms with Crippen LogP contribution in [0.15, 0.2) is 60.9 Å². The average Bonchev–Trinajstić information content (AvgIpc) is 2.80. The van der Waals surface area contributed by atoms with E-state index in [1.165, 1.54) is 12.1 Å². The molecule has 1 unspecified atom stereocenters. The van der Waals surface area contributed by atoms with Crippen LogP contribution in [-0.2, 0) is 16.0 Å². The summed E-state index contributed by atoms with van der Waals surface area (Å²) in [5, 5.41) is 0.622. The minimum atomic E-state index is -0.350. The second kappa shape index (κ2) is 9.98. The van der Waals surface area contributed by atoms with Gasteiger partial charge in [0.15, 0.2) is 0 Å². The summed E-state index contributed by atoms with van der Waals surface area (Å²) in [5.74, 6) is -0.163. The van der Waals surface area contributed by atoms with Crippen molar-refractivity contribution in [2.45, 2.75) is 25.4 Å². The number of benzene rings is 2. The van der Waals surface area contributed by atoms with Crippen molar-refractivity contribution in [3.63, 3.8) is 0 Å². The van der Waals surface area contributed by atoms with E-state index in [2.05, 4.69) is 9.97 Å². The van der Waals surface area contributed by atoms with Gasteiger partial charge < -0.3 is 9.64 Å². The van der Waals surface area contributed by atoms with Crippen LogP contribution in [0.3, 0.4) is 0 Å². The Morgan fingerprint density at radius 3 is 2.77 bits per heavy atom. The summed E-state index contributed by atoms with van der Waals surface area (Å²) in [7, 11) is 0. The molecule has 0 radical (unpaired) electrons. The summed E-state index contributed by atoms with van der Waals surface area (Å²) < 4.78 is 19.0. The van der Waals surface area contributed by atoms with Crippen LogP contribution in [0.2, 0.25) is 5.02 Å². The lowest BCUT2D eigenvalue weighted by atomic mass is 10.0. The van der Waals surface area contributed by atoms with Crippen molar-refractivity contribution in [2.75, 3.05) is 19.7 Å². The third-order valence-corrected chi connectivity index (χ3v) is 5.55. The molecule has 1 fully saturated rings. The molecule has 31 heavy (non-hydrogen) atoms. The maximum atomic E-state index is 13.0. The molecule has 1 saturated heterocycles. The van der Waals surface area contributed by atoms with Crippen LogP contribution in [-0.4, -0.2) is 40.5 Å². The van der Waals surface area contributed by atoms with Crippen molar-refractivity contribution in [3.05, 3.63) is 83.0 Å². The first kappa shape index (κ1) is 21.4. The number of carbonyl (C=O) groups is 1. The molecule has 1 aromatic heterocycles. The van der Waals surface area contributed by atoms with Crippen molar-refractivity contribution in [1.82, 2.24) is 14.9 Å². The summed E-state index contributed by atoms with van der Waals surface area (Å²) >= 11 is 6.15. The Kier molecular flexibility index (Phi) is 6.89. The first-order valence-corrected chi connectivity index (χ1v) is 10.7. The van der Waals surface area contributed by atoms with E-state index in [-0.39, 0.29) is 17.8 Å². The predicted octanol–water partition coefficient (Wildman–Crippen LogP) is 4.86. The maximum Gasteiger partial charge on any atom is 0.222 e. The molecule has 1 amide bonds. The lowest BCUT2D eigenvalue weighted by Gasteiger charge is -2.33. The van der Waals surface area contributed by atoms with E-state index in [0.29, 0.717) is 48.9 Å². The van der Waals surface area contributed by atoms with E-state index < -0.39 is 0 Å². The highest BCUT2D eigenvalue weighted by molar-refractivity contribution is 6.30. The number of halogens is 2. The van der Waals surface area contributed by atoms with E-state index in [4.69, 9.17) is 16.3 Å². The fourth-order valence-electron chi connectivity index (χ4n) is 3.74. The van der Waals surface area contributed by atoms with Gasteiger partial charge in [0.1, 0.15) is 11.9 Å². The summed E-state index contributed by atoms with van der Waals surface area (Å²) in [6.07, 6.45) is 4.81. The van der Waals surface area contributed by atoms with Crippen LogP contribution in [0, 0.1) is 5.82 Å². The lowest BCUT2D eigenvalue weighted by molar-refractivity contribution is -0.139. The van der Waals surface area contributed by atoms with Gasteiger partial charge in [0, 0.05) is 35.9 Å². The number of hydrogen-bond donors (Lipinski definition) is 0. The number of aromatic nitrogens is 2. The number of hydrogen-bond acceptors (Lipinski definition) is 4. The van der Waals surface area contributed by atoms with Crippen LogP contribution >= 0.6 is 11.6 Å². The molecule has 7 heteroatoms. The molecular weight excluding hydrogens is 417 g/mol. The van der Waals surface area contributed by atoms with E-state index in [1.807, 2.05) is 29.2 Å². The zero-order chi connectivity index (χ0) is 21.6. The molecule has 1 aliphatic rings. The normalized spacial score (nSPS) is 16.3. The molecule has 0 bridgehead atoms. The molecule has 2 heterocycles. The van der Waals surface area contributed by atoms with Crippen molar-refractivity contribution in [1.29, 1.82) is 0 Å². The molecule has 3 aromatic rings. The maximum absolute atomic E-state index is 13.0. The van der Waals surface area contributed by atoms with Gasteiger partial charge in [-0.3, -0.25) is 14.8 Å². The number of nitrogens with zero attached hydrogens (tertiary/aromatic N) is 3. The van der Waals surface area contributed by atoms with Crippen molar-refractivity contribution < 1.29 is 13.9 Å². The number of ether oxygens (including phenoxy) is 1. The van der Waals surface area contributed by atoms with Crippen LogP contribution < -0.4 is 0 Å². The molecule has 1 aliphatic heterocycles. The minimum absolute atomic E-state index is 0.0867. The van der Waals surface area contributed by atoms with Gasteiger partial charge in [-0.05, 0) is 42.7 Å². The highest BCUT2D eigenvalue weighted by Crippen LogP contribution is 2.30. The third kappa shape index (κ3) is 5.46. The molecule has 1 atom stereocenters. The largest absolute Gasteiger partial charge is 0.368 e. The van der Waals surface area contributed by atoms with Crippen LogP contribution in [0.25, 0.3) is 11.3 Å². The monoisotopic (exact) mass is 439 g/mol. The fourth-order valence-corrected chi connectivity index (χ4v) is 3.93. The Morgan fingerprint density at radius 2 is 1.97 bits per heavy atom. The predicted molar refractivity (Wildman–Crippen MR) is 117 cm³/mol. The Labute approximate surface area is 185 Å². The number of amides is 1. The van der Waals surface area contributed by atoms with Gasteiger partial charge in [0.25, 0.3) is 0 Å². The van der Waals surface area contributed by atoms with Crippen LogP contribution in [0.1, 0.15) is 30.2 Å². The number of morpholine rings is 1. The second-order valence-corrected chi connectivity index (χ2v) is 7.92. The first-order chi connectivity index (χ1) is 15.1. The molecule has 160 valence electrons. The summed E-state index contributed by atoms with van der Waals surface area (Å²) in [6.45, 7) is 1.43. The minimum Gasteiger partial charge on any atom is -0.368 e. The molecule has 4 rings (SSSR count). The smallest absolute Gasteiger partial charge is 0.222 e. The van der Waals surface area contributed by atoms with E-state index in [9.17, 15) is 9.18 Å². The zero-order valence-corrected chi connectivity index (χ0v) is 17.8. The van der Waals surface area contributed by atoms with Gasteiger partial charge in [-0.25, -0.2) is 4.39 Å². The van der Waals surface area contributed by atoms with Gasteiger partial charge in [0.05, 0.1) is 24.5 Å². The first-order valence-electron chi connectivity index (χ1n) is 10.3. The Morgan fingerprint density at radius 1 is 1.16 bits per heavy atom. The Bertz CT molecular complexity index is 1050. The highest BCUT2D eigenvalue weighted by atomic mass is 35.5. The Hall–Kier alpha value is -2.83. The number of aryl methyl sites for hydroxylation is 1. The number of rotatable bonds is 6. The zero-order valence-electron chi connectivity index (χ0n) is 17.0. The number of carbonyl (C=O) groups excluding carboxylic acids is 1. The molecule has 0 saturated carbocycles. The molecular formula is C24H23ClFN3O2. The van der Waals surface area contributed by atoms with Crippen LogP contribution in [0.4, 0.5) is 4.39 Å². The second-order valence-electron chi connectivity index (χ2n) is 7.48. The average molecular weight is 440 g/mol. The highest BCUT2D eigenvalue weighted by Gasteiger charge is 2.28. The van der Waals surface area contributed by atoms with Gasteiger partial charge in [-0.1, -0.05) is 35.9 Å². The quantitative estimate of drug-likeness (QED) is 0.550. The fraction of sp³-hybridized carbons (Fsp3) is 0.292. The van der Waals surface area contributed by atoms with E-state index >= 15 is 0 Å². The Balaban J connectivity index is 1.40. The van der Waals surface area contributed by atoms with Crippen molar-refractivity contribution in [2.24, 2.45) is 0 Å². The molecule has 0 N–H and O–H groups in total. The van der Waals surface area contributed by atoms with E-state index in [0.717, 1.165) is 17.5 Å². The molecule has 2 aromatic carbocycles. The van der Waals surface area contributed by atoms with Crippen molar-refractivity contribution in [3.8, 4) is 11.3 Å². The standard InChI is InChI=1S/C24H23ClFN3O2/c25-19-5-2-4-18(15-19)23-24(28-12-11-27-23)21-16-29(13-14-31-21)22(30)6-1-3-17-7-9-20(26)10-8-17/h2,4-5,7-12,15,21H,1,3,6,13-14,16H2. The van der Waals surface area contributed by atoms with Gasteiger partial charge in [-0.15, -0.1) is 0 Å².